The molecule has 0 amide bonds. The number of alkyl halides is 1. The highest BCUT2D eigenvalue weighted by molar-refractivity contribution is 7.99. The van der Waals surface area contributed by atoms with Crippen molar-refractivity contribution in [2.24, 2.45) is 0 Å². The van der Waals surface area contributed by atoms with E-state index in [0.717, 1.165) is 17.3 Å². The molecule has 3 nitrogen and oxygen atoms in total. The fourth-order valence-electron chi connectivity index (χ4n) is 0.977. The molecule has 0 aliphatic rings. The molecule has 0 aliphatic carbocycles. The van der Waals surface area contributed by atoms with E-state index in [-0.39, 0.29) is 6.61 Å². The maximum Gasteiger partial charge on any atom is 0.351 e. The van der Waals surface area contributed by atoms with Gasteiger partial charge in [0.05, 0.1) is 18.6 Å². The fraction of sp³-hybridized carbons (Fsp3) is 0.500. The molecule has 0 spiro atoms. The van der Waals surface area contributed by atoms with Crippen molar-refractivity contribution in [1.29, 1.82) is 0 Å². The molecule has 1 aromatic heterocycles. The van der Waals surface area contributed by atoms with Crippen molar-refractivity contribution in [2.75, 3.05) is 6.61 Å². The van der Waals surface area contributed by atoms with E-state index in [1.54, 1.807) is 19.3 Å². The molecule has 0 radical (unpaired) electrons. The molecular weight excluding hydrogens is 219 g/mol. The predicted octanol–water partition coefficient (Wildman–Crippen LogP) is 2.68. The lowest BCUT2D eigenvalue weighted by atomic mass is 10.3. The number of carbonyl (C=O) groups is 1. The molecule has 5 heteroatoms. The second kappa shape index (κ2) is 5.80. The van der Waals surface area contributed by atoms with E-state index < -0.39 is 11.5 Å². The van der Waals surface area contributed by atoms with Crippen LogP contribution >= 0.6 is 11.8 Å². The molecule has 84 valence electrons. The van der Waals surface area contributed by atoms with Crippen molar-refractivity contribution < 1.29 is 18.3 Å². The first-order valence-electron chi connectivity index (χ1n) is 4.60. The van der Waals surface area contributed by atoms with E-state index >= 15 is 0 Å². The molecule has 0 aromatic carbocycles. The number of esters is 1. The van der Waals surface area contributed by atoms with Crippen molar-refractivity contribution in [3.8, 4) is 0 Å². The molecule has 1 aromatic rings. The van der Waals surface area contributed by atoms with Gasteiger partial charge in [0.2, 0.25) is 5.50 Å². The van der Waals surface area contributed by atoms with Crippen molar-refractivity contribution in [3.05, 3.63) is 23.7 Å². The lowest BCUT2D eigenvalue weighted by molar-refractivity contribution is -0.145. The van der Waals surface area contributed by atoms with E-state index in [1.165, 1.54) is 0 Å². The molecule has 1 unspecified atom stereocenters. The van der Waals surface area contributed by atoms with Crippen molar-refractivity contribution in [1.82, 2.24) is 0 Å². The summed E-state index contributed by atoms with van der Waals surface area (Å²) in [4.78, 5) is 10.9. The molecule has 0 N–H and O–H groups in total. The molecule has 0 aliphatic heterocycles. The zero-order valence-corrected chi connectivity index (χ0v) is 9.47. The maximum atomic E-state index is 13.2. The smallest absolute Gasteiger partial charge is 0.351 e. The van der Waals surface area contributed by atoms with Crippen LogP contribution in [0.5, 0.6) is 0 Å². The predicted molar refractivity (Wildman–Crippen MR) is 56.3 cm³/mol. The third-order valence-electron chi connectivity index (χ3n) is 1.80. The van der Waals surface area contributed by atoms with Gasteiger partial charge in [-0.25, -0.2) is 9.18 Å². The highest BCUT2D eigenvalue weighted by Crippen LogP contribution is 2.22. The van der Waals surface area contributed by atoms with Crippen LogP contribution in [0.15, 0.2) is 16.7 Å². The summed E-state index contributed by atoms with van der Waals surface area (Å²) in [7, 11) is 0. The molecular formula is C10H13FO3S. The molecule has 1 heterocycles. The largest absolute Gasteiger partial charge is 0.468 e. The first-order chi connectivity index (χ1) is 7.15. The second-order valence-electron chi connectivity index (χ2n) is 2.91. The minimum atomic E-state index is -1.64. The minimum absolute atomic E-state index is 0.194. The molecule has 1 atom stereocenters. The van der Waals surface area contributed by atoms with Gasteiger partial charge in [0, 0.05) is 0 Å². The van der Waals surface area contributed by atoms with Crippen LogP contribution in [-0.4, -0.2) is 18.1 Å². The molecule has 1 rings (SSSR count). The van der Waals surface area contributed by atoms with Gasteiger partial charge in [-0.3, -0.25) is 0 Å². The Morgan fingerprint density at radius 2 is 2.47 bits per heavy atom. The van der Waals surface area contributed by atoms with Crippen molar-refractivity contribution in [2.45, 2.75) is 25.1 Å². The number of furan rings is 1. The van der Waals surface area contributed by atoms with Crippen LogP contribution in [0, 0.1) is 6.92 Å². The lowest BCUT2D eigenvalue weighted by Gasteiger charge is -2.06. The van der Waals surface area contributed by atoms with Gasteiger partial charge in [-0.05, 0) is 25.5 Å². The number of carbonyl (C=O) groups excluding carboxylic acids is 1. The quantitative estimate of drug-likeness (QED) is 0.732. The van der Waals surface area contributed by atoms with Crippen LogP contribution in [0.2, 0.25) is 0 Å². The van der Waals surface area contributed by atoms with E-state index in [1.807, 2.05) is 6.92 Å². The molecule has 0 saturated heterocycles. The summed E-state index contributed by atoms with van der Waals surface area (Å²) in [5, 5.41) is 0. The van der Waals surface area contributed by atoms with E-state index in [0.29, 0.717) is 11.5 Å². The van der Waals surface area contributed by atoms with Crippen LogP contribution in [0.3, 0.4) is 0 Å². The van der Waals surface area contributed by atoms with Crippen LogP contribution in [0.1, 0.15) is 18.2 Å². The third-order valence-corrected chi connectivity index (χ3v) is 2.71. The Balaban J connectivity index is 2.37. The van der Waals surface area contributed by atoms with E-state index in [2.05, 4.69) is 4.74 Å². The van der Waals surface area contributed by atoms with Gasteiger partial charge in [0.25, 0.3) is 0 Å². The Morgan fingerprint density at radius 1 is 1.73 bits per heavy atom. The SMILES string of the molecule is CCOC(=O)C(F)SCc1occc1C. The summed E-state index contributed by atoms with van der Waals surface area (Å²) < 4.78 is 22.8. The Morgan fingerprint density at radius 3 is 3.00 bits per heavy atom. The Labute approximate surface area is 92.0 Å². The van der Waals surface area contributed by atoms with Crippen LogP contribution < -0.4 is 0 Å². The Kier molecular flexibility index (Phi) is 4.68. The lowest BCUT2D eigenvalue weighted by Crippen LogP contribution is -2.15. The molecule has 0 bridgehead atoms. The normalized spacial score (nSPS) is 12.5. The molecule has 0 saturated carbocycles. The van der Waals surface area contributed by atoms with Gasteiger partial charge in [-0.1, -0.05) is 0 Å². The summed E-state index contributed by atoms with van der Waals surface area (Å²) >= 11 is 0.861. The van der Waals surface area contributed by atoms with E-state index in [4.69, 9.17) is 4.42 Å². The number of hydrogen-bond acceptors (Lipinski definition) is 4. The van der Waals surface area contributed by atoms with Gasteiger partial charge < -0.3 is 9.15 Å². The summed E-state index contributed by atoms with van der Waals surface area (Å²) in [5.41, 5.74) is -0.687. The maximum absolute atomic E-state index is 13.2. The first kappa shape index (κ1) is 12.1. The third kappa shape index (κ3) is 3.58. The standard InChI is InChI=1S/C10H13FO3S/c1-3-13-10(12)9(11)15-6-8-7(2)4-5-14-8/h4-5,9H,3,6H2,1-2H3. The van der Waals surface area contributed by atoms with Gasteiger partial charge in [0.15, 0.2) is 0 Å². The molecule has 0 fully saturated rings. The zero-order valence-electron chi connectivity index (χ0n) is 8.66. The van der Waals surface area contributed by atoms with Gasteiger partial charge in [0.1, 0.15) is 5.76 Å². The second-order valence-corrected chi connectivity index (χ2v) is 3.94. The fourth-order valence-corrected chi connectivity index (χ4v) is 1.77. The zero-order chi connectivity index (χ0) is 11.3. The summed E-state index contributed by atoms with van der Waals surface area (Å²) in [6.07, 6.45) is 1.54. The monoisotopic (exact) mass is 232 g/mol. The number of hydrogen-bond donors (Lipinski definition) is 0. The summed E-state index contributed by atoms with van der Waals surface area (Å²) in [6, 6.07) is 1.80. The average molecular weight is 232 g/mol. The minimum Gasteiger partial charge on any atom is -0.468 e. The van der Waals surface area contributed by atoms with Crippen LogP contribution in [-0.2, 0) is 15.3 Å². The number of rotatable bonds is 5. The van der Waals surface area contributed by atoms with Crippen molar-refractivity contribution in [3.63, 3.8) is 0 Å². The van der Waals surface area contributed by atoms with Gasteiger partial charge in [-0.15, -0.1) is 11.8 Å². The topological polar surface area (TPSA) is 39.4 Å². The highest BCUT2D eigenvalue weighted by atomic mass is 32.2. The van der Waals surface area contributed by atoms with Gasteiger partial charge in [-0.2, -0.15) is 0 Å². The van der Waals surface area contributed by atoms with Crippen LogP contribution in [0.4, 0.5) is 4.39 Å². The summed E-state index contributed by atoms with van der Waals surface area (Å²) in [6.45, 7) is 3.71. The van der Waals surface area contributed by atoms with E-state index in [9.17, 15) is 9.18 Å². The number of thioether (sulfide) groups is 1. The summed E-state index contributed by atoms with van der Waals surface area (Å²) in [5.74, 6) is 0.192. The first-order valence-corrected chi connectivity index (χ1v) is 5.65. The number of aryl methyl sites for hydroxylation is 1. The highest BCUT2D eigenvalue weighted by Gasteiger charge is 2.19. The number of halogens is 1. The Bertz CT molecular complexity index is 324. The van der Waals surface area contributed by atoms with Crippen LogP contribution in [0.25, 0.3) is 0 Å². The Hall–Kier alpha value is -0.970. The van der Waals surface area contributed by atoms with Crippen molar-refractivity contribution >= 4 is 17.7 Å². The van der Waals surface area contributed by atoms with Gasteiger partial charge >= 0.3 is 5.97 Å². The molecule has 15 heavy (non-hydrogen) atoms. The average Bonchev–Trinajstić information content (AvgIpc) is 2.61. The number of ether oxygens (including phenoxy) is 1.